The highest BCUT2D eigenvalue weighted by atomic mass is 16.5. The van der Waals surface area contributed by atoms with E-state index in [0.717, 1.165) is 55.8 Å². The average Bonchev–Trinajstić information content (AvgIpc) is 3.26. The maximum absolute atomic E-state index is 13.1. The molecule has 2 aromatic rings. The SMILES string of the molecule is CCc1nccn1CC(=O)N1CCC[C@@]2(C/C=C/Cc3ccccc3OCC(=O)NC2)C1. The number of aromatic nitrogens is 2. The molecule has 0 bridgehead atoms. The lowest BCUT2D eigenvalue weighted by Crippen LogP contribution is -2.52. The smallest absolute Gasteiger partial charge is 0.257 e. The minimum Gasteiger partial charge on any atom is -0.483 e. The second-order valence-corrected chi connectivity index (χ2v) is 8.80. The van der Waals surface area contributed by atoms with Crippen molar-refractivity contribution in [3.8, 4) is 5.75 Å². The predicted octanol–water partition coefficient (Wildman–Crippen LogP) is 2.75. The Morgan fingerprint density at radius 3 is 3.03 bits per heavy atom. The summed E-state index contributed by atoms with van der Waals surface area (Å²) in [6.45, 7) is 4.29. The molecule has 3 heterocycles. The van der Waals surface area contributed by atoms with Crippen LogP contribution in [0.5, 0.6) is 5.75 Å². The van der Waals surface area contributed by atoms with Crippen LogP contribution >= 0.6 is 0 Å². The quantitative estimate of drug-likeness (QED) is 0.751. The number of imidazole rings is 1. The Kier molecular flexibility index (Phi) is 6.93. The predicted molar refractivity (Wildman–Crippen MR) is 122 cm³/mol. The summed E-state index contributed by atoms with van der Waals surface area (Å²) < 4.78 is 7.70. The molecule has 170 valence electrons. The second-order valence-electron chi connectivity index (χ2n) is 8.80. The Morgan fingerprint density at radius 2 is 2.16 bits per heavy atom. The first-order chi connectivity index (χ1) is 15.6. The zero-order valence-electron chi connectivity index (χ0n) is 18.8. The minimum atomic E-state index is -0.165. The van der Waals surface area contributed by atoms with Crippen molar-refractivity contribution in [3.05, 3.63) is 60.2 Å². The van der Waals surface area contributed by atoms with Crippen LogP contribution in [-0.2, 0) is 29.0 Å². The highest BCUT2D eigenvalue weighted by Gasteiger charge is 2.36. The lowest BCUT2D eigenvalue weighted by molar-refractivity contribution is -0.135. The zero-order valence-corrected chi connectivity index (χ0v) is 18.8. The third kappa shape index (κ3) is 5.21. The molecule has 0 radical (unpaired) electrons. The normalized spacial score (nSPS) is 22.8. The third-order valence-corrected chi connectivity index (χ3v) is 6.48. The van der Waals surface area contributed by atoms with E-state index in [1.807, 2.05) is 46.9 Å². The number of hydrogen-bond donors (Lipinski definition) is 1. The fraction of sp³-hybridized carbons (Fsp3) is 0.480. The summed E-state index contributed by atoms with van der Waals surface area (Å²) in [5.74, 6) is 1.66. The van der Waals surface area contributed by atoms with Gasteiger partial charge in [0.15, 0.2) is 6.61 Å². The first-order valence-electron chi connectivity index (χ1n) is 11.5. The van der Waals surface area contributed by atoms with Crippen molar-refractivity contribution in [2.45, 2.75) is 45.6 Å². The molecule has 1 fully saturated rings. The van der Waals surface area contributed by atoms with E-state index in [1.54, 1.807) is 6.20 Å². The summed E-state index contributed by atoms with van der Waals surface area (Å²) >= 11 is 0. The van der Waals surface area contributed by atoms with Crippen LogP contribution in [0.15, 0.2) is 48.8 Å². The number of likely N-dealkylation sites (tertiary alicyclic amines) is 1. The molecule has 0 unspecified atom stereocenters. The first-order valence-corrected chi connectivity index (χ1v) is 11.5. The van der Waals surface area contributed by atoms with Gasteiger partial charge >= 0.3 is 0 Å². The van der Waals surface area contributed by atoms with Gasteiger partial charge in [-0.3, -0.25) is 9.59 Å². The summed E-state index contributed by atoms with van der Waals surface area (Å²) in [4.78, 5) is 31.9. The highest BCUT2D eigenvalue weighted by Crippen LogP contribution is 2.34. The maximum Gasteiger partial charge on any atom is 0.257 e. The van der Waals surface area contributed by atoms with E-state index >= 15 is 0 Å². The van der Waals surface area contributed by atoms with Gasteiger partial charge in [-0.2, -0.15) is 0 Å². The molecule has 1 saturated heterocycles. The van der Waals surface area contributed by atoms with E-state index in [-0.39, 0.29) is 23.8 Å². The van der Waals surface area contributed by atoms with E-state index in [0.29, 0.717) is 19.6 Å². The van der Waals surface area contributed by atoms with E-state index in [4.69, 9.17) is 4.74 Å². The van der Waals surface area contributed by atoms with Crippen LogP contribution in [0.3, 0.4) is 0 Å². The van der Waals surface area contributed by atoms with Gasteiger partial charge in [0.2, 0.25) is 5.91 Å². The van der Waals surface area contributed by atoms with Crippen molar-refractivity contribution in [2.75, 3.05) is 26.2 Å². The molecule has 0 aliphatic carbocycles. The van der Waals surface area contributed by atoms with Crippen LogP contribution in [0.1, 0.15) is 37.6 Å². The van der Waals surface area contributed by atoms with Crippen LogP contribution in [0.2, 0.25) is 0 Å². The van der Waals surface area contributed by atoms with Gasteiger partial charge in [0.1, 0.15) is 18.1 Å². The number of hydrogen-bond acceptors (Lipinski definition) is 4. The number of carbonyl (C=O) groups is 2. The maximum atomic E-state index is 13.1. The molecule has 1 aromatic heterocycles. The summed E-state index contributed by atoms with van der Waals surface area (Å²) in [6, 6.07) is 7.83. The van der Waals surface area contributed by atoms with Crippen molar-refractivity contribution >= 4 is 11.8 Å². The number of nitrogens with zero attached hydrogens (tertiary/aromatic N) is 3. The van der Waals surface area contributed by atoms with E-state index in [2.05, 4.69) is 22.5 Å². The molecule has 0 saturated carbocycles. The Hall–Kier alpha value is -3.09. The van der Waals surface area contributed by atoms with Crippen LogP contribution in [0.4, 0.5) is 0 Å². The fourth-order valence-corrected chi connectivity index (χ4v) is 4.69. The summed E-state index contributed by atoms with van der Waals surface area (Å²) in [6.07, 6.45) is 12.3. The number of piperidine rings is 1. The molecule has 1 spiro atoms. The molecule has 32 heavy (non-hydrogen) atoms. The molecule has 1 N–H and O–H groups in total. The van der Waals surface area contributed by atoms with Crippen molar-refractivity contribution < 1.29 is 14.3 Å². The van der Waals surface area contributed by atoms with Crippen molar-refractivity contribution in [1.29, 1.82) is 0 Å². The van der Waals surface area contributed by atoms with Crippen molar-refractivity contribution in [3.63, 3.8) is 0 Å². The topological polar surface area (TPSA) is 76.5 Å². The number of para-hydroxylation sites is 1. The monoisotopic (exact) mass is 436 g/mol. The molecule has 1 atom stereocenters. The van der Waals surface area contributed by atoms with Gasteiger partial charge in [-0.05, 0) is 37.3 Å². The lowest BCUT2D eigenvalue weighted by atomic mass is 9.76. The van der Waals surface area contributed by atoms with Crippen LogP contribution in [0.25, 0.3) is 0 Å². The van der Waals surface area contributed by atoms with Gasteiger partial charge < -0.3 is 19.5 Å². The summed E-state index contributed by atoms with van der Waals surface area (Å²) in [7, 11) is 0. The molecule has 2 aliphatic rings. The lowest BCUT2D eigenvalue weighted by Gasteiger charge is -2.43. The largest absolute Gasteiger partial charge is 0.483 e. The molecule has 7 nitrogen and oxygen atoms in total. The van der Waals surface area contributed by atoms with Gasteiger partial charge in [0, 0.05) is 43.9 Å². The molecule has 1 aromatic carbocycles. The first kappa shape index (κ1) is 22.1. The van der Waals surface area contributed by atoms with Gasteiger partial charge in [0.25, 0.3) is 5.91 Å². The number of ether oxygens (including phenoxy) is 1. The van der Waals surface area contributed by atoms with Gasteiger partial charge in [0.05, 0.1) is 0 Å². The Morgan fingerprint density at radius 1 is 1.28 bits per heavy atom. The Balaban J connectivity index is 1.48. The number of benzene rings is 1. The molecular weight excluding hydrogens is 404 g/mol. The number of rotatable bonds is 3. The van der Waals surface area contributed by atoms with Gasteiger partial charge in [-0.25, -0.2) is 4.98 Å². The zero-order chi connectivity index (χ0) is 22.4. The number of aryl methyl sites for hydroxylation is 1. The van der Waals surface area contributed by atoms with Crippen molar-refractivity contribution in [1.82, 2.24) is 19.8 Å². The van der Waals surface area contributed by atoms with Crippen LogP contribution in [-0.4, -0.2) is 52.5 Å². The van der Waals surface area contributed by atoms with Crippen LogP contribution in [0, 0.1) is 5.41 Å². The molecule has 2 aliphatic heterocycles. The number of fused-ring (bicyclic) bond motifs is 1. The van der Waals surface area contributed by atoms with Gasteiger partial charge in [-0.15, -0.1) is 0 Å². The van der Waals surface area contributed by atoms with E-state index in [1.165, 1.54) is 0 Å². The fourth-order valence-electron chi connectivity index (χ4n) is 4.69. The number of nitrogens with one attached hydrogen (secondary N) is 1. The molecule has 2 amide bonds. The van der Waals surface area contributed by atoms with Gasteiger partial charge in [-0.1, -0.05) is 37.3 Å². The molecular formula is C25H32N4O3. The summed E-state index contributed by atoms with van der Waals surface area (Å²) in [5.41, 5.74) is 0.903. The molecule has 4 rings (SSSR count). The number of allylic oxidation sites excluding steroid dienone is 2. The van der Waals surface area contributed by atoms with Crippen LogP contribution < -0.4 is 10.1 Å². The Labute approximate surface area is 189 Å². The second kappa shape index (κ2) is 10.0. The number of amides is 2. The Bertz CT molecular complexity index is 983. The number of carbonyl (C=O) groups excluding carboxylic acids is 2. The molecule has 7 heteroatoms. The van der Waals surface area contributed by atoms with E-state index in [9.17, 15) is 9.59 Å². The highest BCUT2D eigenvalue weighted by molar-refractivity contribution is 5.78. The minimum absolute atomic E-state index is 0.000123. The third-order valence-electron chi connectivity index (χ3n) is 6.48. The average molecular weight is 437 g/mol. The standard InChI is InChI=1S/C25H32N4O3/c1-2-22-26-13-15-28(22)16-24(31)29-14-7-12-25(19-29)11-6-5-9-20-8-3-4-10-21(20)32-17-23(30)27-18-25/h3-6,8,10,13,15H,2,7,9,11-12,14,16-19H2,1H3,(H,27,30)/b6-5+/t25-/m1/s1. The summed E-state index contributed by atoms with van der Waals surface area (Å²) in [5, 5.41) is 3.06. The van der Waals surface area contributed by atoms with Crippen molar-refractivity contribution in [2.24, 2.45) is 5.41 Å². The van der Waals surface area contributed by atoms with E-state index < -0.39 is 0 Å².